The van der Waals surface area contributed by atoms with Crippen molar-refractivity contribution in [1.82, 2.24) is 0 Å². The number of primary sulfonamides is 1. The lowest BCUT2D eigenvalue weighted by Crippen LogP contribution is -2.20. The summed E-state index contributed by atoms with van der Waals surface area (Å²) in [7, 11) is -4.54. The summed E-state index contributed by atoms with van der Waals surface area (Å²) in [6, 6.07) is 6.87. The molecule has 0 radical (unpaired) electrons. The fourth-order valence-corrected chi connectivity index (χ4v) is 3.49. The first-order valence-corrected chi connectivity index (χ1v) is 9.30. The maximum atomic E-state index is 13.1. The molecule has 2 aromatic rings. The monoisotopic (exact) mass is 428 g/mol. The molecule has 0 aromatic heterocycles. The molecule has 0 aliphatic carbocycles. The van der Waals surface area contributed by atoms with Crippen molar-refractivity contribution in [2.75, 3.05) is 11.9 Å². The zero-order valence-electron chi connectivity index (χ0n) is 12.9. The Morgan fingerprint density at radius 3 is 2.19 bits per heavy atom. The fourth-order valence-electron chi connectivity index (χ4n) is 2.21. The van der Waals surface area contributed by atoms with Gasteiger partial charge < -0.3 is 10.4 Å². The smallest absolute Gasteiger partial charge is 0.387 e. The highest BCUT2D eigenvalue weighted by molar-refractivity contribution is 7.89. The summed E-state index contributed by atoms with van der Waals surface area (Å²) in [6.07, 6.45) is -6.03. The Bertz CT molecular complexity index is 901. The molecular weight excluding hydrogens is 416 g/mol. The van der Waals surface area contributed by atoms with Gasteiger partial charge in [-0.15, -0.1) is 0 Å². The lowest BCUT2D eigenvalue weighted by Gasteiger charge is -2.16. The number of alkyl halides is 3. The van der Waals surface area contributed by atoms with E-state index in [1.807, 2.05) is 0 Å². The van der Waals surface area contributed by atoms with E-state index in [0.717, 1.165) is 12.1 Å². The number of benzene rings is 2. The number of sulfonamides is 1. The third-order valence-electron chi connectivity index (χ3n) is 3.36. The van der Waals surface area contributed by atoms with Gasteiger partial charge in [0.2, 0.25) is 10.0 Å². The van der Waals surface area contributed by atoms with E-state index < -0.39 is 32.8 Å². The molecule has 0 aliphatic rings. The van der Waals surface area contributed by atoms with Crippen molar-refractivity contribution < 1.29 is 26.7 Å². The Morgan fingerprint density at radius 2 is 1.69 bits per heavy atom. The van der Waals surface area contributed by atoms with Crippen LogP contribution in [-0.4, -0.2) is 20.1 Å². The number of rotatable bonds is 5. The second-order valence-electron chi connectivity index (χ2n) is 5.35. The highest BCUT2D eigenvalue weighted by atomic mass is 35.5. The van der Waals surface area contributed by atoms with Crippen LogP contribution in [0, 0.1) is 0 Å². The highest BCUT2D eigenvalue weighted by Crippen LogP contribution is 2.35. The molecule has 0 aliphatic heterocycles. The van der Waals surface area contributed by atoms with Gasteiger partial charge in [-0.05, 0) is 42.0 Å². The largest absolute Gasteiger partial charge is 0.417 e. The number of aliphatic hydroxyl groups excluding tert-OH is 1. The van der Waals surface area contributed by atoms with Gasteiger partial charge in [-0.3, -0.25) is 0 Å². The second kappa shape index (κ2) is 7.61. The number of halogens is 5. The molecule has 5 nitrogen and oxygen atoms in total. The minimum atomic E-state index is -4.92. The third-order valence-corrected chi connectivity index (χ3v) is 4.77. The molecule has 0 heterocycles. The molecule has 2 aromatic carbocycles. The van der Waals surface area contributed by atoms with Crippen LogP contribution < -0.4 is 10.5 Å². The van der Waals surface area contributed by atoms with Crippen LogP contribution in [0.2, 0.25) is 10.0 Å². The van der Waals surface area contributed by atoms with Gasteiger partial charge in [-0.1, -0.05) is 23.2 Å². The molecule has 0 fully saturated rings. The van der Waals surface area contributed by atoms with E-state index in [2.05, 4.69) is 5.32 Å². The van der Waals surface area contributed by atoms with Crippen LogP contribution in [0.1, 0.15) is 17.2 Å². The van der Waals surface area contributed by atoms with Gasteiger partial charge in [-0.2, -0.15) is 13.2 Å². The number of aliphatic hydroxyl groups is 1. The number of nitrogens with one attached hydrogen (secondary N) is 1. The van der Waals surface area contributed by atoms with E-state index in [0.29, 0.717) is 21.7 Å². The summed E-state index contributed by atoms with van der Waals surface area (Å²) < 4.78 is 61.9. The van der Waals surface area contributed by atoms with Gasteiger partial charge in [0, 0.05) is 22.3 Å². The van der Waals surface area contributed by atoms with Crippen molar-refractivity contribution >= 4 is 38.9 Å². The van der Waals surface area contributed by atoms with E-state index >= 15 is 0 Å². The Kier molecular flexibility index (Phi) is 6.09. The van der Waals surface area contributed by atoms with Crippen LogP contribution in [0.5, 0.6) is 0 Å². The van der Waals surface area contributed by atoms with Gasteiger partial charge >= 0.3 is 6.18 Å². The van der Waals surface area contributed by atoms with E-state index in [1.54, 1.807) is 0 Å². The normalized spacial score (nSPS) is 13.5. The second-order valence-corrected chi connectivity index (χ2v) is 7.76. The standard InChI is InChI=1S/C15H13Cl2F3N2O3S/c16-9-3-8(4-10(17)5-9)13(23)7-22-11-1-2-14(26(21,24)25)12(6-11)15(18,19)20/h1-6,13,22-23H,7H2,(H2,21,24,25). The summed E-state index contributed by atoms with van der Waals surface area (Å²) in [5.41, 5.74) is -1.07. The minimum absolute atomic E-state index is 0.0445. The molecule has 0 amide bonds. The Balaban J connectivity index is 2.25. The first-order chi connectivity index (χ1) is 11.9. The molecule has 11 heteroatoms. The molecule has 0 saturated heterocycles. The molecule has 0 bridgehead atoms. The van der Waals surface area contributed by atoms with Gasteiger partial charge in [0.15, 0.2) is 0 Å². The van der Waals surface area contributed by atoms with Crippen molar-refractivity contribution in [3.05, 3.63) is 57.6 Å². The molecule has 2 rings (SSSR count). The van der Waals surface area contributed by atoms with Gasteiger partial charge in [0.25, 0.3) is 0 Å². The molecule has 1 atom stereocenters. The maximum absolute atomic E-state index is 13.1. The average molecular weight is 429 g/mol. The van der Waals surface area contributed by atoms with Crippen LogP contribution in [0.15, 0.2) is 41.3 Å². The summed E-state index contributed by atoms with van der Waals surface area (Å²) in [6.45, 7) is -0.164. The lowest BCUT2D eigenvalue weighted by atomic mass is 10.1. The van der Waals surface area contributed by atoms with Crippen LogP contribution in [-0.2, 0) is 16.2 Å². The SMILES string of the molecule is NS(=O)(=O)c1ccc(NCC(O)c2cc(Cl)cc(Cl)c2)cc1C(F)(F)F. The summed E-state index contributed by atoms with van der Waals surface area (Å²) >= 11 is 11.7. The number of anilines is 1. The molecular formula is C15H13Cl2F3N2O3S. The van der Waals surface area contributed by atoms with Crippen molar-refractivity contribution in [3.8, 4) is 0 Å². The summed E-state index contributed by atoms with van der Waals surface area (Å²) in [4.78, 5) is -1.03. The van der Waals surface area contributed by atoms with Crippen molar-refractivity contribution in [3.63, 3.8) is 0 Å². The quantitative estimate of drug-likeness (QED) is 0.674. The van der Waals surface area contributed by atoms with E-state index in [4.69, 9.17) is 28.3 Å². The van der Waals surface area contributed by atoms with Crippen molar-refractivity contribution in [2.45, 2.75) is 17.2 Å². The molecule has 4 N–H and O–H groups in total. The zero-order chi connectivity index (χ0) is 19.7. The van der Waals surface area contributed by atoms with Crippen LogP contribution in [0.4, 0.5) is 18.9 Å². The summed E-state index contributed by atoms with van der Waals surface area (Å²) in [5.74, 6) is 0. The topological polar surface area (TPSA) is 92.4 Å². The van der Waals surface area contributed by atoms with Crippen LogP contribution in [0.25, 0.3) is 0 Å². The zero-order valence-corrected chi connectivity index (χ0v) is 15.2. The van der Waals surface area contributed by atoms with Gasteiger partial charge in [0.1, 0.15) is 0 Å². The van der Waals surface area contributed by atoms with Crippen molar-refractivity contribution in [1.29, 1.82) is 0 Å². The maximum Gasteiger partial charge on any atom is 0.417 e. The number of hydrogen-bond acceptors (Lipinski definition) is 4. The lowest BCUT2D eigenvalue weighted by molar-refractivity contribution is -0.139. The molecule has 1 unspecified atom stereocenters. The summed E-state index contributed by atoms with van der Waals surface area (Å²) in [5, 5.41) is 18.1. The number of nitrogens with two attached hydrogens (primary N) is 1. The molecule has 142 valence electrons. The predicted octanol–water partition coefficient (Wildman–Crippen LogP) is 3.81. The average Bonchev–Trinajstić information content (AvgIpc) is 2.49. The predicted molar refractivity (Wildman–Crippen MR) is 92.7 cm³/mol. The molecule has 26 heavy (non-hydrogen) atoms. The van der Waals surface area contributed by atoms with Crippen LogP contribution in [0.3, 0.4) is 0 Å². The third kappa shape index (κ3) is 5.24. The first kappa shape index (κ1) is 20.8. The van der Waals surface area contributed by atoms with E-state index in [-0.39, 0.29) is 12.2 Å². The van der Waals surface area contributed by atoms with Gasteiger partial charge in [-0.25, -0.2) is 13.6 Å². The van der Waals surface area contributed by atoms with Gasteiger partial charge in [0.05, 0.1) is 16.6 Å². The Hall–Kier alpha value is -1.52. The fraction of sp³-hybridized carbons (Fsp3) is 0.200. The van der Waals surface area contributed by atoms with Crippen LogP contribution >= 0.6 is 23.2 Å². The minimum Gasteiger partial charge on any atom is -0.387 e. The molecule has 0 spiro atoms. The van der Waals surface area contributed by atoms with E-state index in [1.165, 1.54) is 18.2 Å². The number of hydrogen-bond donors (Lipinski definition) is 3. The first-order valence-electron chi connectivity index (χ1n) is 7.00. The molecule has 0 saturated carbocycles. The van der Waals surface area contributed by atoms with Crippen molar-refractivity contribution in [2.24, 2.45) is 5.14 Å². The Morgan fingerprint density at radius 1 is 1.12 bits per heavy atom. The van der Waals surface area contributed by atoms with E-state index in [9.17, 15) is 26.7 Å². The highest BCUT2D eigenvalue weighted by Gasteiger charge is 2.36. The Labute approximate surface area is 157 Å².